The van der Waals surface area contributed by atoms with Crippen molar-refractivity contribution in [3.63, 3.8) is 0 Å². The van der Waals surface area contributed by atoms with Crippen molar-refractivity contribution in [1.29, 1.82) is 0 Å². The Hall–Kier alpha value is -2.99. The third kappa shape index (κ3) is 6.29. The van der Waals surface area contributed by atoms with E-state index in [1.54, 1.807) is 17.0 Å². The Balaban J connectivity index is 1.64. The number of benzene rings is 2. The molecule has 0 radical (unpaired) electrons. The highest BCUT2D eigenvalue weighted by atomic mass is 32.1. The van der Waals surface area contributed by atoms with Crippen molar-refractivity contribution in [3.8, 4) is 0 Å². The first-order valence-electron chi connectivity index (χ1n) is 11.5. The van der Waals surface area contributed by atoms with Crippen LogP contribution < -0.4 is 5.32 Å². The lowest BCUT2D eigenvalue weighted by molar-refractivity contribution is -0.140. The number of amides is 2. The van der Waals surface area contributed by atoms with E-state index in [2.05, 4.69) is 5.32 Å². The topological polar surface area (TPSA) is 49.4 Å². The second-order valence-electron chi connectivity index (χ2n) is 8.52. The van der Waals surface area contributed by atoms with Gasteiger partial charge in [0.2, 0.25) is 11.8 Å². The Morgan fingerprint density at radius 3 is 2.39 bits per heavy atom. The van der Waals surface area contributed by atoms with Gasteiger partial charge in [0.15, 0.2) is 0 Å². The molecule has 0 spiro atoms. The molecule has 1 heterocycles. The Morgan fingerprint density at radius 2 is 1.73 bits per heavy atom. The molecule has 3 aromatic rings. The van der Waals surface area contributed by atoms with E-state index in [1.165, 1.54) is 23.5 Å². The van der Waals surface area contributed by atoms with Crippen LogP contribution >= 0.6 is 11.3 Å². The molecule has 0 unspecified atom stereocenters. The lowest BCUT2D eigenvalue weighted by atomic mass is 10.0. The molecule has 0 bridgehead atoms. The molecule has 1 aromatic heterocycles. The highest BCUT2D eigenvalue weighted by Gasteiger charge is 2.33. The Labute approximate surface area is 198 Å². The predicted octanol–water partition coefficient (Wildman–Crippen LogP) is 5.30. The van der Waals surface area contributed by atoms with Crippen molar-refractivity contribution >= 4 is 23.2 Å². The quantitative estimate of drug-likeness (QED) is 0.467. The molecule has 2 aromatic carbocycles. The van der Waals surface area contributed by atoms with Gasteiger partial charge in [0.1, 0.15) is 11.9 Å². The normalized spacial score (nSPS) is 14.7. The molecule has 6 heteroatoms. The van der Waals surface area contributed by atoms with Gasteiger partial charge in [-0.15, -0.1) is 11.3 Å². The third-order valence-electron chi connectivity index (χ3n) is 6.16. The monoisotopic (exact) mass is 464 g/mol. The largest absolute Gasteiger partial charge is 0.351 e. The molecular weight excluding hydrogens is 435 g/mol. The fourth-order valence-corrected chi connectivity index (χ4v) is 5.12. The fourth-order valence-electron chi connectivity index (χ4n) is 4.42. The van der Waals surface area contributed by atoms with Gasteiger partial charge in [0.05, 0.1) is 6.42 Å². The van der Waals surface area contributed by atoms with E-state index in [-0.39, 0.29) is 30.1 Å². The number of carbonyl (C=O) groups excluding carboxylic acids is 2. The smallest absolute Gasteiger partial charge is 0.247 e. The average molecular weight is 465 g/mol. The third-order valence-corrected chi connectivity index (χ3v) is 7.03. The Kier molecular flexibility index (Phi) is 7.89. The van der Waals surface area contributed by atoms with Gasteiger partial charge in [-0.3, -0.25) is 9.59 Å². The Bertz CT molecular complexity index is 1030. The minimum atomic E-state index is -0.803. The minimum Gasteiger partial charge on any atom is -0.351 e. The molecule has 1 N–H and O–H groups in total. The molecule has 4 rings (SSSR count). The van der Waals surface area contributed by atoms with Gasteiger partial charge in [-0.05, 0) is 54.0 Å². The maximum atomic E-state index is 13.7. The number of thiophene rings is 1. The maximum absolute atomic E-state index is 13.7. The molecule has 2 amide bonds. The van der Waals surface area contributed by atoms with Gasteiger partial charge in [0.25, 0.3) is 0 Å². The maximum Gasteiger partial charge on any atom is 0.247 e. The number of nitrogens with zero attached hydrogens (tertiary/aromatic N) is 1. The van der Waals surface area contributed by atoms with Crippen molar-refractivity contribution < 1.29 is 14.0 Å². The van der Waals surface area contributed by atoms with Gasteiger partial charge >= 0.3 is 0 Å². The summed E-state index contributed by atoms with van der Waals surface area (Å²) in [6.07, 6.45) is 4.97. The molecule has 4 nitrogen and oxygen atoms in total. The summed E-state index contributed by atoms with van der Waals surface area (Å²) < 4.78 is 13.7. The van der Waals surface area contributed by atoms with Crippen LogP contribution in [0, 0.1) is 5.82 Å². The van der Waals surface area contributed by atoms with E-state index >= 15 is 0 Å². The standard InChI is InChI=1S/C27H29FN2O2S/c28-22-14-12-21(13-15-22)26(27(32)29-23-9-4-5-10-23)30(17-16-20-7-2-1-3-8-20)25(31)19-24-11-6-18-33-24/h1-3,6-8,11-15,18,23,26H,4-5,9-10,16-17,19H2,(H,29,32)/t26-/m1/s1. The first-order chi connectivity index (χ1) is 16.1. The zero-order valence-electron chi connectivity index (χ0n) is 18.6. The number of rotatable bonds is 9. The predicted molar refractivity (Wildman–Crippen MR) is 129 cm³/mol. The number of hydrogen-bond donors (Lipinski definition) is 1. The molecule has 1 aliphatic carbocycles. The first-order valence-corrected chi connectivity index (χ1v) is 12.4. The van der Waals surface area contributed by atoms with E-state index in [0.29, 0.717) is 18.5 Å². The average Bonchev–Trinajstić information content (AvgIpc) is 3.52. The van der Waals surface area contributed by atoms with E-state index < -0.39 is 6.04 Å². The molecule has 0 aliphatic heterocycles. The molecule has 0 saturated heterocycles. The van der Waals surface area contributed by atoms with Crippen LogP contribution in [0.25, 0.3) is 0 Å². The summed E-state index contributed by atoms with van der Waals surface area (Å²) >= 11 is 1.53. The van der Waals surface area contributed by atoms with Crippen LogP contribution in [0.4, 0.5) is 4.39 Å². The van der Waals surface area contributed by atoms with Crippen LogP contribution in [-0.4, -0.2) is 29.3 Å². The molecular formula is C27H29FN2O2S. The summed E-state index contributed by atoms with van der Waals surface area (Å²) in [7, 11) is 0. The van der Waals surface area contributed by atoms with Gasteiger partial charge in [-0.2, -0.15) is 0 Å². The molecule has 1 fully saturated rings. The Morgan fingerprint density at radius 1 is 1.00 bits per heavy atom. The van der Waals surface area contributed by atoms with E-state index in [0.717, 1.165) is 36.1 Å². The molecule has 1 aliphatic rings. The molecule has 172 valence electrons. The van der Waals surface area contributed by atoms with Crippen molar-refractivity contribution in [2.45, 2.75) is 50.6 Å². The van der Waals surface area contributed by atoms with E-state index in [4.69, 9.17) is 0 Å². The molecule has 1 saturated carbocycles. The van der Waals surface area contributed by atoms with Crippen molar-refractivity contribution in [2.24, 2.45) is 0 Å². The van der Waals surface area contributed by atoms with E-state index in [9.17, 15) is 14.0 Å². The second kappa shape index (κ2) is 11.2. The van der Waals surface area contributed by atoms with Crippen molar-refractivity contribution in [2.75, 3.05) is 6.54 Å². The fraction of sp³-hybridized carbons (Fsp3) is 0.333. The van der Waals surface area contributed by atoms with Gasteiger partial charge in [0, 0.05) is 17.5 Å². The van der Waals surface area contributed by atoms with Crippen LogP contribution in [-0.2, 0) is 22.4 Å². The number of hydrogen-bond acceptors (Lipinski definition) is 3. The van der Waals surface area contributed by atoms with Gasteiger partial charge in [-0.1, -0.05) is 61.4 Å². The zero-order chi connectivity index (χ0) is 23.0. The van der Waals surface area contributed by atoms with Crippen LogP contribution in [0.2, 0.25) is 0 Å². The van der Waals surface area contributed by atoms with Crippen molar-refractivity contribution in [3.05, 3.63) is 93.9 Å². The molecule has 1 atom stereocenters. The first kappa shape index (κ1) is 23.2. The van der Waals surface area contributed by atoms with Crippen LogP contribution in [0.3, 0.4) is 0 Å². The number of nitrogens with one attached hydrogen (secondary N) is 1. The van der Waals surface area contributed by atoms with Gasteiger partial charge < -0.3 is 10.2 Å². The summed E-state index contributed by atoms with van der Waals surface area (Å²) in [5.41, 5.74) is 1.72. The summed E-state index contributed by atoms with van der Waals surface area (Å²) in [4.78, 5) is 29.7. The summed E-state index contributed by atoms with van der Waals surface area (Å²) in [5.74, 6) is -0.667. The lowest BCUT2D eigenvalue weighted by Gasteiger charge is -2.32. The molecule has 33 heavy (non-hydrogen) atoms. The minimum absolute atomic E-state index is 0.107. The highest BCUT2D eigenvalue weighted by molar-refractivity contribution is 7.10. The van der Waals surface area contributed by atoms with Crippen molar-refractivity contribution in [1.82, 2.24) is 10.2 Å². The summed E-state index contributed by atoms with van der Waals surface area (Å²) in [6, 6.07) is 19.1. The summed E-state index contributed by atoms with van der Waals surface area (Å²) in [5, 5.41) is 5.11. The van der Waals surface area contributed by atoms with E-state index in [1.807, 2.05) is 47.8 Å². The number of halogens is 1. The summed E-state index contributed by atoms with van der Waals surface area (Å²) in [6.45, 7) is 0.397. The second-order valence-corrected chi connectivity index (χ2v) is 9.56. The SMILES string of the molecule is O=C(NC1CCCC1)[C@@H](c1ccc(F)cc1)N(CCc1ccccc1)C(=O)Cc1cccs1. The van der Waals surface area contributed by atoms with Crippen LogP contribution in [0.15, 0.2) is 72.1 Å². The highest BCUT2D eigenvalue weighted by Crippen LogP contribution is 2.26. The van der Waals surface area contributed by atoms with Gasteiger partial charge in [-0.25, -0.2) is 4.39 Å². The lowest BCUT2D eigenvalue weighted by Crippen LogP contribution is -2.47. The number of carbonyl (C=O) groups is 2. The van der Waals surface area contributed by atoms with Crippen LogP contribution in [0.1, 0.15) is 47.7 Å². The van der Waals surface area contributed by atoms with Crippen LogP contribution in [0.5, 0.6) is 0 Å². The zero-order valence-corrected chi connectivity index (χ0v) is 19.4.